The SMILES string of the molecule is C[O+]1CC=C(c2ccccn2)[B-]1(c1ccccn1)c1ccccn1. The third-order valence-electron chi connectivity index (χ3n) is 4.78. The molecule has 4 heterocycles. The second-order valence-electron chi connectivity index (χ2n) is 6.03. The second-order valence-corrected chi connectivity index (χ2v) is 6.03. The Kier molecular flexibility index (Phi) is 3.71. The molecule has 0 saturated carbocycles. The van der Waals surface area contributed by atoms with Gasteiger partial charge in [0.25, 0.3) is 0 Å². The fraction of sp³-hybridized carbons (Fsp3) is 0.105. The number of rotatable bonds is 3. The number of aromatic nitrogens is 3. The second kappa shape index (κ2) is 6.02. The van der Waals surface area contributed by atoms with Gasteiger partial charge in [0.15, 0.2) is 0 Å². The fourth-order valence-electron chi connectivity index (χ4n) is 3.71. The summed E-state index contributed by atoms with van der Waals surface area (Å²) >= 11 is 0. The van der Waals surface area contributed by atoms with Crippen molar-refractivity contribution in [2.24, 2.45) is 0 Å². The van der Waals surface area contributed by atoms with E-state index in [0.29, 0.717) is 0 Å². The molecular weight excluding hydrogens is 297 g/mol. The average Bonchev–Trinajstić information content (AvgIpc) is 3.02. The Bertz CT molecular complexity index is 814. The molecule has 0 aromatic carbocycles. The Balaban J connectivity index is 2.00. The highest BCUT2D eigenvalue weighted by molar-refractivity contribution is 7.10. The summed E-state index contributed by atoms with van der Waals surface area (Å²) in [5, 5.41) is 0. The Hall–Kier alpha value is -2.79. The van der Waals surface area contributed by atoms with Gasteiger partial charge >= 0.3 is 6.35 Å². The lowest BCUT2D eigenvalue weighted by Crippen LogP contribution is -2.66. The van der Waals surface area contributed by atoms with Gasteiger partial charge in [-0.2, -0.15) is 0 Å². The predicted octanol–water partition coefficient (Wildman–Crippen LogP) is 1.75. The normalized spacial score (nSPS) is 16.8. The first-order valence-electron chi connectivity index (χ1n) is 8.06. The smallest absolute Gasteiger partial charge is 0.413 e. The molecule has 0 fully saturated rings. The molecule has 5 heteroatoms. The van der Waals surface area contributed by atoms with Gasteiger partial charge in [-0.25, -0.2) is 0 Å². The van der Waals surface area contributed by atoms with Crippen LogP contribution in [-0.2, 0) is 4.28 Å². The van der Waals surface area contributed by atoms with Gasteiger partial charge in [0, 0.05) is 24.3 Å². The maximum absolute atomic E-state index is 4.69. The third-order valence-corrected chi connectivity index (χ3v) is 4.78. The van der Waals surface area contributed by atoms with Gasteiger partial charge in [-0.3, -0.25) is 15.0 Å². The van der Waals surface area contributed by atoms with Crippen LogP contribution in [0.2, 0.25) is 0 Å². The molecule has 1 aliphatic rings. The van der Waals surface area contributed by atoms with Crippen LogP contribution >= 0.6 is 0 Å². The zero-order valence-corrected chi connectivity index (χ0v) is 13.5. The molecule has 4 nitrogen and oxygen atoms in total. The van der Waals surface area contributed by atoms with Gasteiger partial charge in [0.05, 0.1) is 7.11 Å². The van der Waals surface area contributed by atoms with Crippen LogP contribution < -0.4 is 11.2 Å². The van der Waals surface area contributed by atoms with Crippen LogP contribution in [-0.4, -0.2) is 35.0 Å². The van der Waals surface area contributed by atoms with Crippen LogP contribution in [0, 0.1) is 0 Å². The molecule has 0 bridgehead atoms. The minimum atomic E-state index is -1.48. The van der Waals surface area contributed by atoms with Gasteiger partial charge in [-0.1, -0.05) is 35.8 Å². The molecule has 0 amide bonds. The summed E-state index contributed by atoms with van der Waals surface area (Å²) in [6.07, 6.45) is 6.25. The zero-order valence-electron chi connectivity index (χ0n) is 13.5. The lowest BCUT2D eigenvalue weighted by atomic mass is 9.30. The number of pyridine rings is 3. The van der Waals surface area contributed by atoms with Crippen molar-refractivity contribution in [1.29, 1.82) is 0 Å². The summed E-state index contributed by atoms with van der Waals surface area (Å²) < 4.78 is 3.30. The molecule has 0 atom stereocenters. The lowest BCUT2D eigenvalue weighted by Gasteiger charge is -2.41. The minimum absolute atomic E-state index is 0.763. The quantitative estimate of drug-likeness (QED) is 0.546. The van der Waals surface area contributed by atoms with Crippen molar-refractivity contribution >= 4 is 23.0 Å². The average molecular weight is 315 g/mol. The van der Waals surface area contributed by atoms with E-state index in [1.807, 2.05) is 61.1 Å². The van der Waals surface area contributed by atoms with E-state index in [1.165, 1.54) is 0 Å². The Labute approximate surface area is 141 Å². The van der Waals surface area contributed by atoms with Crippen molar-refractivity contribution in [3.63, 3.8) is 0 Å². The molecule has 4 rings (SSSR count). The van der Waals surface area contributed by atoms with E-state index in [9.17, 15) is 0 Å². The monoisotopic (exact) mass is 315 g/mol. The zero-order chi connectivity index (χ0) is 16.4. The van der Waals surface area contributed by atoms with Crippen LogP contribution in [0.3, 0.4) is 0 Å². The van der Waals surface area contributed by atoms with Crippen LogP contribution in [0.15, 0.2) is 79.3 Å². The summed E-state index contributed by atoms with van der Waals surface area (Å²) in [7, 11) is 2.05. The molecule has 118 valence electrons. The molecule has 1 aliphatic heterocycles. The maximum atomic E-state index is 4.69. The summed E-state index contributed by atoms with van der Waals surface area (Å²) in [4.78, 5) is 14.0. The number of nitrogens with zero attached hydrogens (tertiary/aromatic N) is 3. The van der Waals surface area contributed by atoms with Crippen LogP contribution in [0.1, 0.15) is 5.69 Å². The van der Waals surface area contributed by atoms with Crippen molar-refractivity contribution in [2.75, 3.05) is 13.7 Å². The first-order chi connectivity index (χ1) is 11.8. The van der Waals surface area contributed by atoms with Crippen molar-refractivity contribution in [3.05, 3.63) is 85.0 Å². The maximum Gasteiger partial charge on any atom is 0.413 e. The Morgan fingerprint density at radius 2 is 1.38 bits per heavy atom. The van der Waals surface area contributed by atoms with E-state index >= 15 is 0 Å². The number of hydrogen-bond donors (Lipinski definition) is 0. The Morgan fingerprint density at radius 3 is 1.88 bits per heavy atom. The first kappa shape index (κ1) is 14.8. The van der Waals surface area contributed by atoms with Crippen LogP contribution in [0.5, 0.6) is 0 Å². The molecule has 0 aliphatic carbocycles. The summed E-state index contributed by atoms with van der Waals surface area (Å²) in [5.41, 5.74) is 4.09. The van der Waals surface area contributed by atoms with E-state index in [0.717, 1.165) is 29.0 Å². The van der Waals surface area contributed by atoms with Crippen molar-refractivity contribution in [1.82, 2.24) is 15.0 Å². The van der Waals surface area contributed by atoms with Gasteiger partial charge < -0.3 is 4.28 Å². The van der Waals surface area contributed by atoms with E-state index in [1.54, 1.807) is 0 Å². The van der Waals surface area contributed by atoms with Gasteiger partial charge in [0.1, 0.15) is 6.61 Å². The molecule has 0 saturated heterocycles. The molecule has 0 spiro atoms. The largest absolute Gasteiger partial charge is 0.658 e. The summed E-state index contributed by atoms with van der Waals surface area (Å²) in [6, 6.07) is 18.1. The van der Waals surface area contributed by atoms with E-state index in [4.69, 9.17) is 9.97 Å². The third kappa shape index (κ3) is 2.17. The first-order valence-corrected chi connectivity index (χ1v) is 8.06. The highest BCUT2D eigenvalue weighted by atomic mass is 16.6. The standard InChI is InChI=1S/C19H18BN3O/c1-24-15-11-16(17-8-2-5-12-21-17)20(24,18-9-3-6-13-22-18)19-10-4-7-14-23-19/h2-14H,15H2,1H3. The molecule has 0 N–H and O–H groups in total. The predicted molar refractivity (Wildman–Crippen MR) is 97.6 cm³/mol. The van der Waals surface area contributed by atoms with E-state index < -0.39 is 6.35 Å². The number of hydrogen-bond acceptors (Lipinski definition) is 3. The topological polar surface area (TPSA) is 41.4 Å². The molecule has 3 aromatic heterocycles. The molecule has 0 radical (unpaired) electrons. The molecule has 24 heavy (non-hydrogen) atoms. The van der Waals surface area contributed by atoms with Gasteiger partial charge in [0.2, 0.25) is 0 Å². The molecular formula is C19H18BN3O. The molecule has 0 unspecified atom stereocenters. The Morgan fingerprint density at radius 1 is 0.792 bits per heavy atom. The minimum Gasteiger partial charge on any atom is -0.658 e. The van der Waals surface area contributed by atoms with Crippen molar-refractivity contribution < 1.29 is 4.28 Å². The van der Waals surface area contributed by atoms with Crippen LogP contribution in [0.4, 0.5) is 0 Å². The lowest BCUT2D eigenvalue weighted by molar-refractivity contribution is 0.0885. The van der Waals surface area contributed by atoms with Crippen molar-refractivity contribution in [3.8, 4) is 0 Å². The van der Waals surface area contributed by atoms with E-state index in [-0.39, 0.29) is 0 Å². The highest BCUT2D eigenvalue weighted by Crippen LogP contribution is 2.33. The fourth-order valence-corrected chi connectivity index (χ4v) is 3.71. The van der Waals surface area contributed by atoms with E-state index in [2.05, 4.69) is 34.6 Å². The van der Waals surface area contributed by atoms with Crippen molar-refractivity contribution in [2.45, 2.75) is 0 Å². The van der Waals surface area contributed by atoms with Crippen LogP contribution in [0.25, 0.3) is 5.47 Å². The summed E-state index contributed by atoms with van der Waals surface area (Å²) in [6.45, 7) is 0.763. The highest BCUT2D eigenvalue weighted by Gasteiger charge is 2.51. The van der Waals surface area contributed by atoms with Gasteiger partial charge in [-0.05, 0) is 41.5 Å². The molecule has 3 aromatic rings. The van der Waals surface area contributed by atoms with Gasteiger partial charge in [-0.15, -0.1) is 0 Å². The summed E-state index contributed by atoms with van der Waals surface area (Å²) in [5.74, 6) is 0.